The molecule has 0 aliphatic carbocycles. The normalized spacial score (nSPS) is 11.3. The van der Waals surface area contributed by atoms with Gasteiger partial charge in [0.15, 0.2) is 17.5 Å². The fourth-order valence-electron chi connectivity index (χ4n) is 12.5. The number of benzene rings is 8. The molecule has 8 aromatic carbocycles. The van der Waals surface area contributed by atoms with Crippen LogP contribution in [0, 0.1) is 34.9 Å². The minimum atomic E-state index is -3.96. The summed E-state index contributed by atoms with van der Waals surface area (Å²) in [6.07, 6.45) is 10.9. The molecule has 0 spiro atoms. The van der Waals surface area contributed by atoms with Crippen molar-refractivity contribution >= 4 is 226 Å². The molecule has 43 heteroatoms. The molecule has 0 saturated carbocycles. The first-order valence-electron chi connectivity index (χ1n) is 38.8. The number of aromatic nitrogens is 6. The molecule has 0 aliphatic rings. The van der Waals surface area contributed by atoms with Gasteiger partial charge in [0.25, 0.3) is 11.8 Å². The van der Waals surface area contributed by atoms with Gasteiger partial charge in [0, 0.05) is 112 Å². The van der Waals surface area contributed by atoms with Crippen molar-refractivity contribution in [2.45, 2.75) is 66.7 Å². The maximum Gasteiger partial charge on any atom is 1.00 e. The third kappa shape index (κ3) is 27.5. The maximum absolute atomic E-state index is 15.6. The third-order valence-corrected chi connectivity index (χ3v) is 26.5. The van der Waals surface area contributed by atoms with Crippen LogP contribution in [0.5, 0.6) is 0 Å². The van der Waals surface area contributed by atoms with Gasteiger partial charge < -0.3 is 15.3 Å². The van der Waals surface area contributed by atoms with Gasteiger partial charge in [0.2, 0.25) is 46.4 Å². The van der Waals surface area contributed by atoms with E-state index in [1.807, 2.05) is 0 Å². The average Bonchev–Trinajstić information content (AvgIpc) is 1.60. The Morgan fingerprint density at radius 3 is 1.07 bits per heavy atom. The number of halogens is 15. The van der Waals surface area contributed by atoms with Gasteiger partial charge in [-0.1, -0.05) is 180 Å². The van der Waals surface area contributed by atoms with Gasteiger partial charge in [0.1, 0.15) is 34.4 Å². The molecule has 0 aliphatic heterocycles. The molecule has 688 valence electrons. The molecule has 0 saturated heterocycles. The summed E-state index contributed by atoms with van der Waals surface area (Å²) in [5.74, 6) is -12.6. The number of sulfonamides is 2. The number of carbonyl (C=O) groups is 5. The van der Waals surface area contributed by atoms with Crippen molar-refractivity contribution in [2.24, 2.45) is 0 Å². The Kier molecular flexibility index (Phi) is 39.1. The maximum atomic E-state index is 15.6. The molecule has 6 aromatic heterocycles. The van der Waals surface area contributed by atoms with Crippen LogP contribution in [-0.2, 0) is 39.2 Å². The molecule has 6 heterocycles. The number of ketones is 3. The van der Waals surface area contributed by atoms with Crippen LogP contribution >= 0.6 is 108 Å². The number of hydrogen-bond donors (Lipinski definition) is 4. The second kappa shape index (κ2) is 47.8. The quantitative estimate of drug-likeness (QED) is 0.00830. The van der Waals surface area contributed by atoms with Crippen molar-refractivity contribution in [1.82, 2.24) is 29.1 Å². The number of carbonyl (C=O) groups excluding carboxylic acids is 5. The van der Waals surface area contributed by atoms with E-state index < -0.39 is 137 Å². The van der Waals surface area contributed by atoms with E-state index in [1.165, 1.54) is 49.3 Å². The first-order valence-corrected chi connectivity index (χ1v) is 50.0. The standard InChI is InChI=1S/C30H20Cl3F2N3O4S.C27H14Cl3F2N3O2.C23H18ClF2N3O3S.C3H7Br.C3H7ClO2S.C3H8O3S.Na/c1-2-12-43(41,42)37-24-11-10-23(34)26(27(24)35)28(39)20-15-38(30(40)25-21(32)4-3-5-22(25)33)29-19(20)13-17(14-36-29)16-6-8-18(31)9-7-16;28-15-6-4-13(5-7-15)14-10-16-17(25(36)23-20(31)8-9-21(33)24(23)32)12-35(26(16)34-11-14)27(37)22-18(29)2-1-3-19(22)30;1-2-9-33(31,32)29-19-8-7-18(25)20(21(19)26)22(30)17-12-28-23-16(17)10-14(11-27-23)13-3-5-15(24)6-4-13;1-2-3-4;2*1-2-3-7(4,5)6;/h3-11,13-15,37H,2,12H2,1H3;1-12H,33H2;3-8,10-12,29H,2,9H2,1H3,(H,27,28);2-3H2,1H3;2-3H2,1H3;2-3H2,1H3,(H,4,5,6);/q;;;;;;+1/p-1. The van der Waals surface area contributed by atoms with Gasteiger partial charge in [-0.05, 0) is 164 Å². The molecule has 0 fully saturated rings. The number of nitrogen functional groups attached to an aromatic ring is 1. The van der Waals surface area contributed by atoms with E-state index in [2.05, 4.69) is 52.2 Å². The molecule has 14 rings (SSSR count). The number of anilines is 3. The Morgan fingerprint density at radius 2 is 0.750 bits per heavy atom. The molecule has 0 radical (unpaired) electrons. The van der Waals surface area contributed by atoms with E-state index in [0.717, 1.165) is 68.8 Å². The summed E-state index contributed by atoms with van der Waals surface area (Å²) < 4.78 is 194. The van der Waals surface area contributed by atoms with Gasteiger partial charge in [-0.3, -0.25) is 42.6 Å². The van der Waals surface area contributed by atoms with Crippen molar-refractivity contribution in [1.29, 1.82) is 0 Å². The van der Waals surface area contributed by atoms with Crippen molar-refractivity contribution in [3.63, 3.8) is 0 Å². The number of H-pyrrole nitrogens is 1. The number of alkyl halides is 1. The van der Waals surface area contributed by atoms with E-state index in [4.69, 9.17) is 97.6 Å². The van der Waals surface area contributed by atoms with Crippen molar-refractivity contribution in [3.8, 4) is 33.4 Å². The Labute approximate surface area is 824 Å². The van der Waals surface area contributed by atoms with E-state index >= 15 is 13.2 Å². The van der Waals surface area contributed by atoms with E-state index in [0.29, 0.717) is 73.2 Å². The molecule has 0 bridgehead atoms. The molecular weight excluding hydrogens is 2050 g/mol. The molecule has 132 heavy (non-hydrogen) atoms. The topological polar surface area (TPSA) is 359 Å². The number of nitrogens with one attached hydrogen (secondary N) is 3. The van der Waals surface area contributed by atoms with Gasteiger partial charge >= 0.3 is 29.6 Å². The minimum absolute atomic E-state index is 0. The predicted molar refractivity (Wildman–Crippen MR) is 507 cm³/mol. The molecular formula is C89H73BrCl8F6N9NaO14S4. The van der Waals surface area contributed by atoms with Gasteiger partial charge in [-0.25, -0.2) is 75.0 Å². The van der Waals surface area contributed by atoms with E-state index in [9.17, 15) is 75.4 Å². The Morgan fingerprint density at radius 1 is 0.424 bits per heavy atom. The third-order valence-electron chi connectivity index (χ3n) is 18.4. The summed E-state index contributed by atoms with van der Waals surface area (Å²) in [7, 11) is -10.1. The second-order valence-corrected chi connectivity index (χ2v) is 39.9. The van der Waals surface area contributed by atoms with Crippen LogP contribution in [0.15, 0.2) is 201 Å². The summed E-state index contributed by atoms with van der Waals surface area (Å²) in [4.78, 5) is 83.7. The number of rotatable bonds is 24. The van der Waals surface area contributed by atoms with Crippen molar-refractivity contribution in [2.75, 3.05) is 43.5 Å². The molecule has 14 aromatic rings. The number of aromatic amines is 1. The van der Waals surface area contributed by atoms with Crippen LogP contribution < -0.4 is 44.7 Å². The van der Waals surface area contributed by atoms with Crippen LogP contribution in [-0.4, -0.2) is 125 Å². The van der Waals surface area contributed by atoms with E-state index in [1.54, 1.807) is 137 Å². The zero-order valence-electron chi connectivity index (χ0n) is 70.0. The molecule has 23 nitrogen and oxygen atoms in total. The Bertz CT molecular complexity index is 7110. The molecule has 0 amide bonds. The van der Waals surface area contributed by atoms with Crippen LogP contribution in [0.4, 0.5) is 43.4 Å². The number of fused-ring (bicyclic) bond motifs is 3. The summed E-state index contributed by atoms with van der Waals surface area (Å²) in [5, 5.41) is 3.57. The number of hydrogen-bond acceptors (Lipinski definition) is 18. The predicted octanol–water partition coefficient (Wildman–Crippen LogP) is 20.7. The van der Waals surface area contributed by atoms with Crippen LogP contribution in [0.2, 0.25) is 35.2 Å². The van der Waals surface area contributed by atoms with Crippen molar-refractivity contribution < 1.29 is 118 Å². The van der Waals surface area contributed by atoms with Gasteiger partial charge in [-0.2, -0.15) is 0 Å². The fourth-order valence-corrected chi connectivity index (χ4v) is 17.7. The number of pyridine rings is 3. The monoisotopic (exact) mass is 2120 g/mol. The van der Waals surface area contributed by atoms with Crippen LogP contribution in [0.3, 0.4) is 0 Å². The molecule has 0 unspecified atom stereocenters. The Hall–Kier alpha value is -9.28. The second-order valence-electron chi connectivity index (χ2n) is 28.1. The summed E-state index contributed by atoms with van der Waals surface area (Å²) in [6.45, 7) is 8.82. The number of nitrogens with two attached hydrogens (primary N) is 1. The minimum Gasteiger partial charge on any atom is -0.748 e. The largest absolute Gasteiger partial charge is 1.00 e. The SMILES string of the molecule is CCCBr.CCCS(=O)(=O)Cl.CCCS(=O)(=O)Nc1ccc(F)c(C(=O)c2c[nH]c3ncc(-c4ccc(Cl)cc4)cc23)c1F.CCCS(=O)(=O)Nc1ccc(F)c(C(=O)c2cn(C(=O)c3c(Cl)cccc3Cl)c3ncc(-c4ccc(Cl)cc4)cc23)c1F.CCCS(=O)(=O)[O-].Nc1ccc(F)c(C(=O)c2cn(C(=O)c3c(Cl)cccc3Cl)c3ncc(-c4ccc(Cl)cc4)cc23)c1F.[Na+]. The summed E-state index contributed by atoms with van der Waals surface area (Å²) in [5.41, 5.74) is 5.18. The first kappa shape index (κ1) is 108. The zero-order valence-corrected chi connectivity index (χ0v) is 82.9. The average molecular weight is 2120 g/mol. The van der Waals surface area contributed by atoms with Gasteiger partial charge in [0.05, 0.1) is 103 Å². The van der Waals surface area contributed by atoms with Crippen LogP contribution in [0.1, 0.15) is 135 Å². The number of nitrogens with zero attached hydrogens (tertiary/aromatic N) is 5. The van der Waals surface area contributed by atoms with Gasteiger partial charge in [-0.15, -0.1) is 0 Å². The van der Waals surface area contributed by atoms with Crippen LogP contribution in [0.25, 0.3) is 66.5 Å². The fraction of sp³-hybridized carbons (Fsp3) is 0.169. The summed E-state index contributed by atoms with van der Waals surface area (Å²) in [6, 6.07) is 39.8. The Balaban J connectivity index is 0.000000223. The molecule has 5 N–H and O–H groups in total. The summed E-state index contributed by atoms with van der Waals surface area (Å²) >= 11 is 46.2. The van der Waals surface area contributed by atoms with Crippen molar-refractivity contribution in [3.05, 3.63) is 316 Å². The molecule has 0 atom stereocenters. The van der Waals surface area contributed by atoms with E-state index in [-0.39, 0.29) is 129 Å². The first-order chi connectivity index (χ1) is 61.8. The smallest absolute Gasteiger partial charge is 0.748 e. The zero-order chi connectivity index (χ0) is 96.5.